The van der Waals surface area contributed by atoms with Crippen LogP contribution in [0.1, 0.15) is 36.8 Å². The minimum Gasteiger partial charge on any atom is -0.550 e. The summed E-state index contributed by atoms with van der Waals surface area (Å²) >= 11 is 0. The Morgan fingerprint density at radius 2 is 1.19 bits per heavy atom. The van der Waals surface area contributed by atoms with Gasteiger partial charge in [0, 0.05) is 17.4 Å². The first-order chi connectivity index (χ1) is 14.0. The first-order valence-electron chi connectivity index (χ1n) is 9.71. The molecule has 0 heterocycles. The van der Waals surface area contributed by atoms with Crippen LogP contribution in [0.4, 0.5) is 0 Å². The second kappa shape index (κ2) is 11.0. The van der Waals surface area contributed by atoms with E-state index in [1.54, 1.807) is 0 Å². The molecule has 0 atom stereocenters. The number of rotatable bonds is 7. The summed E-state index contributed by atoms with van der Waals surface area (Å²) in [4.78, 5) is 22.6. The number of hydrogen-bond acceptors (Lipinski definition) is 4. The number of hydrogen-bond donors (Lipinski definition) is 0. The molecule has 0 spiro atoms. The molecule has 146 valence electrons. The van der Waals surface area contributed by atoms with E-state index < -0.39 is 17.4 Å². The minimum atomic E-state index is -1.14. The average molecular weight is 430 g/mol. The van der Waals surface area contributed by atoms with E-state index in [1.165, 1.54) is 0 Å². The van der Waals surface area contributed by atoms with E-state index in [0.717, 1.165) is 33.4 Å². The van der Waals surface area contributed by atoms with Gasteiger partial charge in [0.15, 0.2) is 0 Å². The predicted octanol–water partition coefficient (Wildman–Crippen LogP) is -3.31. The topological polar surface area (TPSA) is 80.3 Å². The molecule has 1 aliphatic carbocycles. The van der Waals surface area contributed by atoms with Crippen LogP contribution in [0.2, 0.25) is 0 Å². The maximum absolute atomic E-state index is 11.3. The summed E-state index contributed by atoms with van der Waals surface area (Å²) in [6, 6.07) is 24.0. The Morgan fingerprint density at radius 1 is 0.645 bits per heavy atom. The number of carboxylic acid groups (broad SMARTS) is 2. The van der Waals surface area contributed by atoms with Gasteiger partial charge >= 0.3 is 59.1 Å². The fourth-order valence-electron chi connectivity index (χ4n) is 4.56. The van der Waals surface area contributed by atoms with Crippen LogP contribution in [0, 0.1) is 0 Å². The van der Waals surface area contributed by atoms with Crippen LogP contribution >= 0.6 is 0 Å². The molecule has 0 amide bonds. The molecule has 0 unspecified atom stereocenters. The van der Waals surface area contributed by atoms with Gasteiger partial charge in [-0.3, -0.25) is 0 Å². The zero-order chi connectivity index (χ0) is 20.4. The van der Waals surface area contributed by atoms with Crippen molar-refractivity contribution in [3.8, 4) is 22.3 Å². The normalized spacial score (nSPS) is 12.6. The van der Waals surface area contributed by atoms with Crippen LogP contribution < -0.4 is 69.3 Å². The second-order valence-corrected chi connectivity index (χ2v) is 7.50. The number of aliphatic carboxylic acids is 2. The summed E-state index contributed by atoms with van der Waals surface area (Å²) in [7, 11) is 0. The molecule has 0 saturated heterocycles. The van der Waals surface area contributed by atoms with Crippen LogP contribution in [0.3, 0.4) is 0 Å². The SMILES string of the molecule is O=C([O-])CCC1(CCC(=O)[O-])c2ccccc2-c2ccc(-c3ccccc3)cc21.[Na+].[Na+]. The van der Waals surface area contributed by atoms with E-state index >= 15 is 0 Å². The Bertz CT molecular complexity index is 1060. The van der Waals surface area contributed by atoms with Gasteiger partial charge in [-0.1, -0.05) is 66.7 Å². The van der Waals surface area contributed by atoms with Gasteiger partial charge in [-0.2, -0.15) is 0 Å². The molecular weight excluding hydrogens is 410 g/mol. The van der Waals surface area contributed by atoms with Crippen molar-refractivity contribution < 1.29 is 78.9 Å². The molecule has 4 nitrogen and oxygen atoms in total. The van der Waals surface area contributed by atoms with E-state index in [-0.39, 0.29) is 84.8 Å². The van der Waals surface area contributed by atoms with Crippen LogP contribution in [0.25, 0.3) is 22.3 Å². The first kappa shape index (κ1) is 25.9. The van der Waals surface area contributed by atoms with Crippen LogP contribution in [-0.4, -0.2) is 11.9 Å². The number of carbonyl (C=O) groups is 2. The maximum Gasteiger partial charge on any atom is 1.00 e. The van der Waals surface area contributed by atoms with Crippen molar-refractivity contribution in [2.24, 2.45) is 0 Å². The summed E-state index contributed by atoms with van der Waals surface area (Å²) in [6.07, 6.45) is 0.280. The molecule has 6 heteroatoms. The number of carboxylic acids is 2. The monoisotopic (exact) mass is 430 g/mol. The zero-order valence-corrected chi connectivity index (χ0v) is 21.9. The second-order valence-electron chi connectivity index (χ2n) is 7.50. The van der Waals surface area contributed by atoms with Crippen molar-refractivity contribution in [2.45, 2.75) is 31.1 Å². The van der Waals surface area contributed by atoms with Crippen LogP contribution in [0.15, 0.2) is 72.8 Å². The van der Waals surface area contributed by atoms with Gasteiger partial charge in [0.05, 0.1) is 0 Å². The largest absolute Gasteiger partial charge is 1.00 e. The Kier molecular flexibility index (Phi) is 9.14. The molecule has 31 heavy (non-hydrogen) atoms. The Hall–Kier alpha value is -1.40. The summed E-state index contributed by atoms with van der Waals surface area (Å²) in [5.41, 5.74) is 5.38. The van der Waals surface area contributed by atoms with Crippen molar-refractivity contribution in [1.29, 1.82) is 0 Å². The molecule has 3 aromatic rings. The number of carbonyl (C=O) groups excluding carboxylic acids is 2. The fraction of sp³-hybridized carbons (Fsp3) is 0.200. The van der Waals surface area contributed by atoms with E-state index in [4.69, 9.17) is 0 Å². The van der Waals surface area contributed by atoms with Gasteiger partial charge in [0.1, 0.15) is 0 Å². The third kappa shape index (κ3) is 5.16. The molecule has 0 saturated carbocycles. The molecule has 0 aliphatic heterocycles. The molecule has 0 bridgehead atoms. The van der Waals surface area contributed by atoms with Gasteiger partial charge in [-0.15, -0.1) is 0 Å². The standard InChI is InChI=1S/C25H22O4.2Na/c26-23(27)12-14-25(15-13-24(28)29)21-9-5-4-8-19(21)20-11-10-18(16-22(20)25)17-6-2-1-3-7-17;;/h1-11,16H,12-15H2,(H,26,27)(H,28,29);;/q;2*+1/p-2. The van der Waals surface area contributed by atoms with Gasteiger partial charge < -0.3 is 19.8 Å². The summed E-state index contributed by atoms with van der Waals surface area (Å²) in [5, 5.41) is 22.6. The van der Waals surface area contributed by atoms with Gasteiger partial charge in [-0.05, 0) is 65.1 Å². The fourth-order valence-corrected chi connectivity index (χ4v) is 4.56. The average Bonchev–Trinajstić information content (AvgIpc) is 3.01. The van der Waals surface area contributed by atoms with Crippen molar-refractivity contribution in [1.82, 2.24) is 0 Å². The first-order valence-corrected chi connectivity index (χ1v) is 9.71. The molecule has 0 radical (unpaired) electrons. The van der Waals surface area contributed by atoms with Gasteiger partial charge in [0.2, 0.25) is 0 Å². The minimum absolute atomic E-state index is 0. The Labute approximate surface area is 226 Å². The maximum atomic E-state index is 11.3. The van der Waals surface area contributed by atoms with Gasteiger partial charge in [-0.25, -0.2) is 0 Å². The molecular formula is C25H20Na2O4. The predicted molar refractivity (Wildman–Crippen MR) is 107 cm³/mol. The van der Waals surface area contributed by atoms with E-state index in [1.807, 2.05) is 54.6 Å². The van der Waals surface area contributed by atoms with E-state index in [2.05, 4.69) is 18.2 Å². The zero-order valence-electron chi connectivity index (χ0n) is 17.9. The Balaban J connectivity index is 0.00000171. The van der Waals surface area contributed by atoms with E-state index in [9.17, 15) is 19.8 Å². The van der Waals surface area contributed by atoms with Gasteiger partial charge in [0.25, 0.3) is 0 Å². The molecule has 3 aromatic carbocycles. The molecule has 0 fully saturated rings. The molecule has 0 N–H and O–H groups in total. The smallest absolute Gasteiger partial charge is 0.550 e. The molecule has 1 aliphatic rings. The van der Waals surface area contributed by atoms with Crippen LogP contribution in [0.5, 0.6) is 0 Å². The van der Waals surface area contributed by atoms with Crippen molar-refractivity contribution >= 4 is 11.9 Å². The van der Waals surface area contributed by atoms with Crippen molar-refractivity contribution in [3.63, 3.8) is 0 Å². The number of benzene rings is 3. The van der Waals surface area contributed by atoms with Crippen LogP contribution in [-0.2, 0) is 15.0 Å². The third-order valence-corrected chi connectivity index (χ3v) is 5.89. The molecule has 0 aromatic heterocycles. The third-order valence-electron chi connectivity index (χ3n) is 5.89. The summed E-state index contributed by atoms with van der Waals surface area (Å²) < 4.78 is 0. The quantitative estimate of drug-likeness (QED) is 0.368. The number of fused-ring (bicyclic) bond motifs is 3. The molecule has 4 rings (SSSR count). The summed E-state index contributed by atoms with van der Waals surface area (Å²) in [5.74, 6) is -2.27. The summed E-state index contributed by atoms with van der Waals surface area (Å²) in [6.45, 7) is 0. The van der Waals surface area contributed by atoms with Crippen molar-refractivity contribution in [2.75, 3.05) is 0 Å². The van der Waals surface area contributed by atoms with Crippen molar-refractivity contribution in [3.05, 3.63) is 83.9 Å². The Morgan fingerprint density at radius 3 is 1.81 bits per heavy atom. The van der Waals surface area contributed by atoms with E-state index in [0.29, 0.717) is 0 Å².